The Kier molecular flexibility index (Phi) is 6.61. The second-order valence-corrected chi connectivity index (χ2v) is 7.14. The fourth-order valence-electron chi connectivity index (χ4n) is 2.99. The Morgan fingerprint density at radius 3 is 2.76 bits per heavy atom. The molecule has 2 heterocycles. The van der Waals surface area contributed by atoms with E-state index < -0.39 is 5.97 Å². The fourth-order valence-corrected chi connectivity index (χ4v) is 3.74. The van der Waals surface area contributed by atoms with Crippen LogP contribution in [0.3, 0.4) is 0 Å². The van der Waals surface area contributed by atoms with Crippen LogP contribution < -0.4 is 4.74 Å². The number of carbonyl (C=O) groups is 2. The lowest BCUT2D eigenvalue weighted by atomic mass is 10.1. The van der Waals surface area contributed by atoms with Gasteiger partial charge in [0.25, 0.3) is 0 Å². The van der Waals surface area contributed by atoms with Crippen molar-refractivity contribution in [1.29, 1.82) is 0 Å². The number of hydrogen-bond donors (Lipinski definition) is 0. The first kappa shape index (κ1) is 20.5. The molecule has 7 heteroatoms. The van der Waals surface area contributed by atoms with E-state index >= 15 is 0 Å². The predicted molar refractivity (Wildman–Crippen MR) is 113 cm³/mol. The first-order valence-electron chi connectivity index (χ1n) is 9.20. The molecular weight excluding hydrogens is 388 g/mol. The minimum absolute atomic E-state index is 0.252. The summed E-state index contributed by atoms with van der Waals surface area (Å²) >= 11 is 1.49. The molecule has 0 aliphatic rings. The first-order chi connectivity index (χ1) is 14.0. The number of esters is 1. The summed E-state index contributed by atoms with van der Waals surface area (Å²) in [6, 6.07) is 9.18. The van der Waals surface area contributed by atoms with Gasteiger partial charge >= 0.3 is 5.97 Å². The molecule has 1 aromatic carbocycles. The Hall–Kier alpha value is -3.19. The average Bonchev–Trinajstić information content (AvgIpc) is 3.33. The molecule has 3 aromatic rings. The number of para-hydroxylation sites is 1. The van der Waals surface area contributed by atoms with Gasteiger partial charge in [-0.15, -0.1) is 11.3 Å². The van der Waals surface area contributed by atoms with Gasteiger partial charge in [-0.3, -0.25) is 9.36 Å². The molecule has 0 saturated heterocycles. The standard InChI is InChI=1S/C22H22N2O4S/c1-4-27-20-8-6-5-7-17(20)9-10-21(26)28-14-19(25)18-13-15(2)24(16(18)3)22-23-11-12-29-22/h5-13H,4,14H2,1-3H3/b10-9+. The maximum Gasteiger partial charge on any atom is 0.331 e. The van der Waals surface area contributed by atoms with Gasteiger partial charge in [-0.25, -0.2) is 9.78 Å². The maximum atomic E-state index is 12.6. The van der Waals surface area contributed by atoms with Crippen LogP contribution in [0.5, 0.6) is 5.75 Å². The number of ketones is 1. The van der Waals surface area contributed by atoms with Crippen LogP contribution >= 0.6 is 11.3 Å². The van der Waals surface area contributed by atoms with E-state index in [9.17, 15) is 9.59 Å². The average molecular weight is 410 g/mol. The number of aromatic nitrogens is 2. The number of carbonyl (C=O) groups excluding carboxylic acids is 2. The summed E-state index contributed by atoms with van der Waals surface area (Å²) in [4.78, 5) is 28.9. The number of nitrogens with zero attached hydrogens (tertiary/aromatic N) is 2. The smallest absolute Gasteiger partial charge is 0.331 e. The summed E-state index contributed by atoms with van der Waals surface area (Å²) in [6.07, 6.45) is 4.63. The van der Waals surface area contributed by atoms with Crippen molar-refractivity contribution in [3.63, 3.8) is 0 Å². The van der Waals surface area contributed by atoms with E-state index in [-0.39, 0.29) is 12.4 Å². The predicted octanol–water partition coefficient (Wildman–Crippen LogP) is 4.39. The SMILES string of the molecule is CCOc1ccccc1/C=C/C(=O)OCC(=O)c1cc(C)n(-c2nccs2)c1C. The van der Waals surface area contributed by atoms with Crippen molar-refractivity contribution in [3.05, 3.63) is 70.5 Å². The molecule has 2 aromatic heterocycles. The minimum Gasteiger partial charge on any atom is -0.493 e. The molecule has 0 atom stereocenters. The van der Waals surface area contributed by atoms with Gasteiger partial charge in [0.1, 0.15) is 5.75 Å². The zero-order chi connectivity index (χ0) is 20.8. The minimum atomic E-state index is -0.585. The number of rotatable bonds is 8. The lowest BCUT2D eigenvalue weighted by Crippen LogP contribution is -2.13. The summed E-state index contributed by atoms with van der Waals surface area (Å²) in [5, 5.41) is 2.68. The van der Waals surface area contributed by atoms with Crippen LogP contribution in [0.1, 0.15) is 34.2 Å². The maximum absolute atomic E-state index is 12.6. The topological polar surface area (TPSA) is 70.4 Å². The molecule has 0 saturated carbocycles. The van der Waals surface area contributed by atoms with E-state index in [0.717, 1.165) is 22.1 Å². The van der Waals surface area contributed by atoms with Gasteiger partial charge < -0.3 is 9.47 Å². The number of benzene rings is 1. The highest BCUT2D eigenvalue weighted by Crippen LogP contribution is 2.23. The first-order valence-corrected chi connectivity index (χ1v) is 10.1. The van der Waals surface area contributed by atoms with Crippen LogP contribution in [0.15, 0.2) is 48.0 Å². The molecule has 150 valence electrons. The number of ether oxygens (including phenoxy) is 2. The summed E-state index contributed by atoms with van der Waals surface area (Å²) < 4.78 is 12.6. The van der Waals surface area contributed by atoms with Crippen LogP contribution in [0.25, 0.3) is 11.2 Å². The third-order valence-electron chi connectivity index (χ3n) is 4.31. The molecule has 0 N–H and O–H groups in total. The van der Waals surface area contributed by atoms with E-state index in [1.54, 1.807) is 18.3 Å². The summed E-state index contributed by atoms with van der Waals surface area (Å²) in [7, 11) is 0. The van der Waals surface area contributed by atoms with Crippen LogP contribution in [-0.2, 0) is 9.53 Å². The van der Waals surface area contributed by atoms with E-state index in [2.05, 4.69) is 4.98 Å². The van der Waals surface area contributed by atoms with Gasteiger partial charge in [0, 0.05) is 40.2 Å². The van der Waals surface area contributed by atoms with Crippen molar-refractivity contribution < 1.29 is 19.1 Å². The van der Waals surface area contributed by atoms with E-state index in [0.29, 0.717) is 17.9 Å². The fraction of sp³-hybridized carbons (Fsp3) is 0.227. The van der Waals surface area contributed by atoms with E-state index in [4.69, 9.17) is 9.47 Å². The van der Waals surface area contributed by atoms with Crippen LogP contribution in [-0.4, -0.2) is 34.5 Å². The Balaban J connectivity index is 1.64. The second kappa shape index (κ2) is 9.34. The van der Waals surface area contributed by atoms with Crippen molar-refractivity contribution >= 4 is 29.2 Å². The highest BCUT2D eigenvalue weighted by Gasteiger charge is 2.18. The van der Waals surface area contributed by atoms with Crippen LogP contribution in [0.2, 0.25) is 0 Å². The Morgan fingerprint density at radius 1 is 1.24 bits per heavy atom. The zero-order valence-electron chi connectivity index (χ0n) is 16.5. The van der Waals surface area contributed by atoms with E-state index in [1.807, 2.05) is 55.0 Å². The quantitative estimate of drug-likeness (QED) is 0.313. The molecule has 3 rings (SSSR count). The van der Waals surface area contributed by atoms with Crippen molar-refractivity contribution in [2.45, 2.75) is 20.8 Å². The molecule has 0 unspecified atom stereocenters. The molecule has 29 heavy (non-hydrogen) atoms. The number of thiazole rings is 1. The molecule has 0 bridgehead atoms. The Bertz CT molecular complexity index is 1040. The highest BCUT2D eigenvalue weighted by atomic mass is 32.1. The van der Waals surface area contributed by atoms with Crippen molar-refractivity contribution in [2.75, 3.05) is 13.2 Å². The summed E-state index contributed by atoms with van der Waals surface area (Å²) in [5.74, 6) is -0.152. The summed E-state index contributed by atoms with van der Waals surface area (Å²) in [6.45, 7) is 5.87. The molecule has 0 spiro atoms. The van der Waals surface area contributed by atoms with Crippen molar-refractivity contribution in [3.8, 4) is 10.9 Å². The number of Topliss-reactive ketones (excluding diaryl/α,β-unsaturated/α-hetero) is 1. The van der Waals surface area contributed by atoms with Crippen molar-refractivity contribution in [2.24, 2.45) is 0 Å². The summed E-state index contributed by atoms with van der Waals surface area (Å²) in [5.41, 5.74) is 2.97. The van der Waals surface area contributed by atoms with Gasteiger partial charge in [-0.05, 0) is 39.0 Å². The molecule has 0 aliphatic heterocycles. The monoisotopic (exact) mass is 410 g/mol. The van der Waals surface area contributed by atoms with Gasteiger partial charge in [0.15, 0.2) is 11.7 Å². The van der Waals surface area contributed by atoms with Crippen LogP contribution in [0, 0.1) is 13.8 Å². The van der Waals surface area contributed by atoms with Crippen LogP contribution in [0.4, 0.5) is 0 Å². The molecule has 0 aliphatic carbocycles. The largest absolute Gasteiger partial charge is 0.493 e. The van der Waals surface area contributed by atoms with Gasteiger partial charge in [0.05, 0.1) is 6.61 Å². The van der Waals surface area contributed by atoms with Crippen molar-refractivity contribution in [1.82, 2.24) is 9.55 Å². The second-order valence-electron chi connectivity index (χ2n) is 6.27. The normalized spacial score (nSPS) is 11.0. The Labute approximate surface area is 173 Å². The third kappa shape index (κ3) is 4.81. The third-order valence-corrected chi connectivity index (χ3v) is 5.06. The zero-order valence-corrected chi connectivity index (χ0v) is 17.4. The van der Waals surface area contributed by atoms with E-state index in [1.165, 1.54) is 17.4 Å². The molecule has 0 radical (unpaired) electrons. The molecular formula is C22H22N2O4S. The molecule has 6 nitrogen and oxygen atoms in total. The van der Waals surface area contributed by atoms with Gasteiger partial charge in [-0.1, -0.05) is 18.2 Å². The molecule has 0 fully saturated rings. The lowest BCUT2D eigenvalue weighted by Gasteiger charge is -2.06. The Morgan fingerprint density at radius 2 is 2.03 bits per heavy atom. The number of aryl methyl sites for hydroxylation is 1. The molecule has 0 amide bonds. The van der Waals surface area contributed by atoms with Gasteiger partial charge in [-0.2, -0.15) is 0 Å². The van der Waals surface area contributed by atoms with Gasteiger partial charge in [0.2, 0.25) is 5.78 Å². The lowest BCUT2D eigenvalue weighted by molar-refractivity contribution is -0.136. The number of hydrogen-bond acceptors (Lipinski definition) is 6. The highest BCUT2D eigenvalue weighted by molar-refractivity contribution is 7.12.